The summed E-state index contributed by atoms with van der Waals surface area (Å²) in [4.78, 5) is 7.67. The highest BCUT2D eigenvalue weighted by Crippen LogP contribution is 2.34. The van der Waals surface area contributed by atoms with E-state index in [9.17, 15) is 4.39 Å². The SMILES string of the molecule is Cc1cc(Oc2cnc(N)nc2N)c(C(C)C)cc1F. The van der Waals surface area contributed by atoms with Gasteiger partial charge < -0.3 is 16.2 Å². The van der Waals surface area contributed by atoms with Gasteiger partial charge >= 0.3 is 0 Å². The van der Waals surface area contributed by atoms with Gasteiger partial charge in [0.15, 0.2) is 11.6 Å². The van der Waals surface area contributed by atoms with E-state index in [4.69, 9.17) is 16.2 Å². The number of rotatable bonds is 3. The van der Waals surface area contributed by atoms with Crippen molar-refractivity contribution in [3.8, 4) is 11.5 Å². The fourth-order valence-electron chi connectivity index (χ4n) is 1.81. The van der Waals surface area contributed by atoms with Gasteiger partial charge in [-0.25, -0.2) is 9.37 Å². The molecule has 0 radical (unpaired) electrons. The van der Waals surface area contributed by atoms with E-state index in [1.54, 1.807) is 13.0 Å². The van der Waals surface area contributed by atoms with Gasteiger partial charge in [-0.15, -0.1) is 0 Å². The fourth-order valence-corrected chi connectivity index (χ4v) is 1.81. The Morgan fingerprint density at radius 3 is 2.50 bits per heavy atom. The van der Waals surface area contributed by atoms with E-state index in [1.807, 2.05) is 13.8 Å². The van der Waals surface area contributed by atoms with Gasteiger partial charge in [-0.3, -0.25) is 0 Å². The molecule has 0 aliphatic heterocycles. The Balaban J connectivity index is 2.44. The smallest absolute Gasteiger partial charge is 0.222 e. The van der Waals surface area contributed by atoms with Gasteiger partial charge in [0.25, 0.3) is 0 Å². The lowest BCUT2D eigenvalue weighted by Crippen LogP contribution is -2.03. The van der Waals surface area contributed by atoms with Gasteiger partial charge in [-0.2, -0.15) is 4.98 Å². The molecular weight excluding hydrogens is 259 g/mol. The van der Waals surface area contributed by atoms with Crippen molar-refractivity contribution in [1.29, 1.82) is 0 Å². The summed E-state index contributed by atoms with van der Waals surface area (Å²) < 4.78 is 19.4. The number of benzene rings is 1. The lowest BCUT2D eigenvalue weighted by molar-refractivity contribution is 0.467. The summed E-state index contributed by atoms with van der Waals surface area (Å²) in [5.74, 6) is 0.910. The Hall–Kier alpha value is -2.37. The van der Waals surface area contributed by atoms with E-state index in [0.717, 1.165) is 5.56 Å². The lowest BCUT2D eigenvalue weighted by Gasteiger charge is -2.15. The molecular formula is C14H17FN4O. The lowest BCUT2D eigenvalue weighted by atomic mass is 10.00. The predicted octanol–water partition coefficient (Wildman–Crippen LogP) is 3.00. The zero-order valence-electron chi connectivity index (χ0n) is 11.6. The van der Waals surface area contributed by atoms with Crippen molar-refractivity contribution in [2.75, 3.05) is 11.5 Å². The van der Waals surface area contributed by atoms with E-state index in [-0.39, 0.29) is 23.5 Å². The van der Waals surface area contributed by atoms with Gasteiger partial charge in [-0.1, -0.05) is 13.8 Å². The van der Waals surface area contributed by atoms with E-state index in [0.29, 0.717) is 17.1 Å². The van der Waals surface area contributed by atoms with Crippen LogP contribution in [0.5, 0.6) is 11.5 Å². The second-order valence-electron chi connectivity index (χ2n) is 4.87. The zero-order chi connectivity index (χ0) is 14.9. The predicted molar refractivity (Wildman–Crippen MR) is 76.2 cm³/mol. The monoisotopic (exact) mass is 276 g/mol. The van der Waals surface area contributed by atoms with Gasteiger partial charge in [0, 0.05) is 5.56 Å². The van der Waals surface area contributed by atoms with E-state index in [1.165, 1.54) is 12.3 Å². The van der Waals surface area contributed by atoms with Gasteiger partial charge in [0.05, 0.1) is 6.20 Å². The molecule has 2 aromatic rings. The minimum atomic E-state index is -0.262. The fraction of sp³-hybridized carbons (Fsp3) is 0.286. The molecule has 0 saturated carbocycles. The van der Waals surface area contributed by atoms with Crippen LogP contribution in [-0.2, 0) is 0 Å². The largest absolute Gasteiger partial charge is 0.452 e. The molecule has 20 heavy (non-hydrogen) atoms. The highest BCUT2D eigenvalue weighted by atomic mass is 19.1. The highest BCUT2D eigenvalue weighted by Gasteiger charge is 2.14. The second-order valence-corrected chi connectivity index (χ2v) is 4.87. The average molecular weight is 276 g/mol. The minimum Gasteiger partial charge on any atom is -0.452 e. The maximum absolute atomic E-state index is 13.7. The van der Waals surface area contributed by atoms with Gasteiger partial charge in [0.1, 0.15) is 11.6 Å². The number of halogens is 1. The number of nitrogen functional groups attached to an aromatic ring is 2. The first-order chi connectivity index (χ1) is 9.38. The van der Waals surface area contributed by atoms with Crippen molar-refractivity contribution in [1.82, 2.24) is 9.97 Å². The molecule has 0 aliphatic carbocycles. The van der Waals surface area contributed by atoms with Crippen molar-refractivity contribution in [3.05, 3.63) is 35.3 Å². The van der Waals surface area contributed by atoms with Gasteiger partial charge in [0.2, 0.25) is 5.95 Å². The Bertz CT molecular complexity index is 643. The molecule has 0 saturated heterocycles. The summed E-state index contributed by atoms with van der Waals surface area (Å²) in [5.41, 5.74) is 12.4. The zero-order valence-corrected chi connectivity index (χ0v) is 11.6. The van der Waals surface area contributed by atoms with E-state index >= 15 is 0 Å². The van der Waals surface area contributed by atoms with Crippen LogP contribution in [0.25, 0.3) is 0 Å². The number of nitrogens with two attached hydrogens (primary N) is 2. The van der Waals surface area contributed by atoms with Crippen LogP contribution in [-0.4, -0.2) is 9.97 Å². The van der Waals surface area contributed by atoms with Crippen LogP contribution >= 0.6 is 0 Å². The number of aryl methyl sites for hydroxylation is 1. The number of aromatic nitrogens is 2. The quantitative estimate of drug-likeness (QED) is 0.899. The second kappa shape index (κ2) is 5.32. The normalized spacial score (nSPS) is 10.8. The van der Waals surface area contributed by atoms with Crippen LogP contribution in [0.1, 0.15) is 30.9 Å². The molecule has 0 aliphatic rings. The molecule has 6 heteroatoms. The summed E-state index contributed by atoms with van der Waals surface area (Å²) >= 11 is 0. The highest BCUT2D eigenvalue weighted by molar-refractivity contribution is 5.51. The van der Waals surface area contributed by atoms with Crippen molar-refractivity contribution in [3.63, 3.8) is 0 Å². The topological polar surface area (TPSA) is 87.0 Å². The van der Waals surface area contributed by atoms with Crippen molar-refractivity contribution in [2.45, 2.75) is 26.7 Å². The molecule has 1 aromatic carbocycles. The number of nitrogens with zero attached hydrogens (tertiary/aromatic N) is 2. The molecule has 0 amide bonds. The van der Waals surface area contributed by atoms with Crippen molar-refractivity contribution < 1.29 is 9.13 Å². The van der Waals surface area contributed by atoms with Crippen LogP contribution in [0, 0.1) is 12.7 Å². The molecule has 1 aromatic heterocycles. The van der Waals surface area contributed by atoms with Crippen molar-refractivity contribution >= 4 is 11.8 Å². The maximum Gasteiger partial charge on any atom is 0.222 e. The maximum atomic E-state index is 13.7. The average Bonchev–Trinajstić information content (AvgIpc) is 2.36. The summed E-state index contributed by atoms with van der Waals surface area (Å²) in [6.07, 6.45) is 1.40. The van der Waals surface area contributed by atoms with E-state index in [2.05, 4.69) is 9.97 Å². The molecule has 0 bridgehead atoms. The molecule has 0 unspecified atom stereocenters. The third-order valence-corrected chi connectivity index (χ3v) is 2.93. The van der Waals surface area contributed by atoms with Crippen LogP contribution in [0.3, 0.4) is 0 Å². The molecule has 0 atom stereocenters. The first-order valence-electron chi connectivity index (χ1n) is 6.24. The molecule has 0 fully saturated rings. The Morgan fingerprint density at radius 1 is 1.20 bits per heavy atom. The molecule has 106 valence electrons. The Labute approximate surface area is 116 Å². The summed E-state index contributed by atoms with van der Waals surface area (Å²) in [6.45, 7) is 5.59. The molecule has 4 N–H and O–H groups in total. The third-order valence-electron chi connectivity index (χ3n) is 2.93. The van der Waals surface area contributed by atoms with Gasteiger partial charge in [-0.05, 0) is 30.5 Å². The van der Waals surface area contributed by atoms with Crippen LogP contribution in [0.2, 0.25) is 0 Å². The van der Waals surface area contributed by atoms with Crippen LogP contribution in [0.4, 0.5) is 16.2 Å². The van der Waals surface area contributed by atoms with E-state index < -0.39 is 0 Å². The Morgan fingerprint density at radius 2 is 1.90 bits per heavy atom. The van der Waals surface area contributed by atoms with Crippen molar-refractivity contribution in [2.24, 2.45) is 0 Å². The number of hydrogen-bond acceptors (Lipinski definition) is 5. The summed E-state index contributed by atoms with van der Waals surface area (Å²) in [5, 5.41) is 0. The minimum absolute atomic E-state index is 0.0780. The number of anilines is 2. The first kappa shape index (κ1) is 14.0. The molecule has 5 nitrogen and oxygen atoms in total. The number of ether oxygens (including phenoxy) is 1. The summed E-state index contributed by atoms with van der Waals surface area (Å²) in [6, 6.07) is 3.12. The van der Waals surface area contributed by atoms with Crippen LogP contribution < -0.4 is 16.2 Å². The molecule has 0 spiro atoms. The summed E-state index contributed by atoms with van der Waals surface area (Å²) in [7, 11) is 0. The standard InChI is InChI=1S/C14H17FN4O/c1-7(2)9-5-10(15)8(3)4-11(9)20-12-6-18-14(17)19-13(12)16/h4-7H,1-3H3,(H4,16,17,18,19). The first-order valence-corrected chi connectivity index (χ1v) is 6.24. The van der Waals surface area contributed by atoms with Crippen LogP contribution in [0.15, 0.2) is 18.3 Å². The Kier molecular flexibility index (Phi) is 3.74. The molecule has 2 rings (SSSR count). The molecule has 1 heterocycles. The third kappa shape index (κ3) is 2.79. The number of hydrogen-bond donors (Lipinski definition) is 2.